The van der Waals surface area contributed by atoms with Crippen molar-refractivity contribution in [1.29, 1.82) is 0 Å². The Hall–Kier alpha value is -2.71. The summed E-state index contributed by atoms with van der Waals surface area (Å²) < 4.78 is 3.12. The maximum atomic E-state index is 12.1. The number of aryl methyl sites for hydroxylation is 1. The van der Waals surface area contributed by atoms with Crippen molar-refractivity contribution in [2.24, 2.45) is 0 Å². The molecule has 0 spiro atoms. The van der Waals surface area contributed by atoms with Gasteiger partial charge in [0.25, 0.3) is 0 Å². The highest BCUT2D eigenvalue weighted by molar-refractivity contribution is 5.76. The molecular formula is C13H18N6O3. The van der Waals surface area contributed by atoms with Gasteiger partial charge in [-0.25, -0.2) is 0 Å². The Morgan fingerprint density at radius 1 is 1.45 bits per heavy atom. The van der Waals surface area contributed by atoms with Gasteiger partial charge in [-0.3, -0.25) is 24.3 Å². The highest BCUT2D eigenvalue weighted by Gasteiger charge is 2.19. The zero-order valence-electron chi connectivity index (χ0n) is 12.7. The van der Waals surface area contributed by atoms with Crippen LogP contribution in [-0.4, -0.2) is 30.4 Å². The minimum atomic E-state index is -0.515. The molecule has 118 valence electrons. The second-order valence-electron chi connectivity index (χ2n) is 4.89. The predicted molar refractivity (Wildman–Crippen MR) is 78.1 cm³/mol. The first-order valence-electron chi connectivity index (χ1n) is 6.91. The third-order valence-corrected chi connectivity index (χ3v) is 3.44. The summed E-state index contributed by atoms with van der Waals surface area (Å²) in [6, 6.07) is 1.64. The maximum absolute atomic E-state index is 12.1. The molecule has 0 aliphatic heterocycles. The van der Waals surface area contributed by atoms with Crippen LogP contribution in [0.3, 0.4) is 0 Å². The molecule has 0 aromatic carbocycles. The van der Waals surface area contributed by atoms with E-state index in [0.717, 1.165) is 11.9 Å². The van der Waals surface area contributed by atoms with Gasteiger partial charge in [0.2, 0.25) is 5.91 Å². The van der Waals surface area contributed by atoms with Gasteiger partial charge in [0.15, 0.2) is 0 Å². The summed E-state index contributed by atoms with van der Waals surface area (Å²) in [5.41, 5.74) is 1.16. The van der Waals surface area contributed by atoms with E-state index in [9.17, 15) is 14.9 Å². The molecule has 0 bridgehead atoms. The summed E-state index contributed by atoms with van der Waals surface area (Å²) in [4.78, 5) is 22.3. The number of aromatic nitrogens is 4. The SMILES string of the molecule is CCn1nccc1C(C)NC(=O)Cn1ncc([N+](=O)[O-])c1C. The van der Waals surface area contributed by atoms with E-state index < -0.39 is 4.92 Å². The van der Waals surface area contributed by atoms with Crippen LogP contribution < -0.4 is 5.32 Å². The van der Waals surface area contributed by atoms with E-state index in [-0.39, 0.29) is 24.2 Å². The van der Waals surface area contributed by atoms with Crippen LogP contribution in [0.5, 0.6) is 0 Å². The van der Waals surface area contributed by atoms with Crippen LogP contribution in [0.2, 0.25) is 0 Å². The molecule has 0 radical (unpaired) electrons. The molecule has 0 saturated heterocycles. The smallest absolute Gasteiger partial charge is 0.309 e. The average Bonchev–Trinajstić information content (AvgIpc) is 3.06. The van der Waals surface area contributed by atoms with E-state index >= 15 is 0 Å². The second kappa shape index (κ2) is 6.37. The first-order chi connectivity index (χ1) is 10.4. The largest absolute Gasteiger partial charge is 0.346 e. The van der Waals surface area contributed by atoms with Crippen molar-refractivity contribution in [3.05, 3.63) is 40.0 Å². The topological polar surface area (TPSA) is 108 Å². The van der Waals surface area contributed by atoms with E-state index in [4.69, 9.17) is 0 Å². The summed E-state index contributed by atoms with van der Waals surface area (Å²) in [7, 11) is 0. The van der Waals surface area contributed by atoms with Crippen LogP contribution in [0.15, 0.2) is 18.5 Å². The average molecular weight is 306 g/mol. The molecule has 2 rings (SSSR count). The highest BCUT2D eigenvalue weighted by atomic mass is 16.6. The summed E-state index contributed by atoms with van der Waals surface area (Å²) in [6.07, 6.45) is 2.83. The van der Waals surface area contributed by atoms with Crippen LogP contribution >= 0.6 is 0 Å². The molecule has 0 aliphatic rings. The van der Waals surface area contributed by atoms with E-state index in [1.54, 1.807) is 17.8 Å². The van der Waals surface area contributed by atoms with Crippen LogP contribution in [0.4, 0.5) is 5.69 Å². The molecule has 1 atom stereocenters. The van der Waals surface area contributed by atoms with Crippen molar-refractivity contribution in [3.8, 4) is 0 Å². The third-order valence-electron chi connectivity index (χ3n) is 3.44. The normalized spacial score (nSPS) is 12.1. The van der Waals surface area contributed by atoms with Crippen molar-refractivity contribution in [3.63, 3.8) is 0 Å². The molecule has 9 nitrogen and oxygen atoms in total. The van der Waals surface area contributed by atoms with E-state index in [1.165, 1.54) is 4.68 Å². The molecule has 2 aromatic heterocycles. The maximum Gasteiger partial charge on any atom is 0.309 e. The van der Waals surface area contributed by atoms with Crippen molar-refractivity contribution < 1.29 is 9.72 Å². The van der Waals surface area contributed by atoms with Gasteiger partial charge >= 0.3 is 5.69 Å². The lowest BCUT2D eigenvalue weighted by Gasteiger charge is -2.15. The summed E-state index contributed by atoms with van der Waals surface area (Å²) in [6.45, 7) is 6.04. The lowest BCUT2D eigenvalue weighted by molar-refractivity contribution is -0.385. The molecule has 22 heavy (non-hydrogen) atoms. The van der Waals surface area contributed by atoms with Gasteiger partial charge in [-0.1, -0.05) is 0 Å². The quantitative estimate of drug-likeness (QED) is 0.637. The number of amides is 1. The molecule has 1 N–H and O–H groups in total. The number of carbonyl (C=O) groups excluding carboxylic acids is 1. The Morgan fingerprint density at radius 3 is 2.77 bits per heavy atom. The monoisotopic (exact) mass is 306 g/mol. The predicted octanol–water partition coefficient (Wildman–Crippen LogP) is 1.19. The van der Waals surface area contributed by atoms with Crippen LogP contribution in [-0.2, 0) is 17.9 Å². The van der Waals surface area contributed by atoms with Crippen molar-refractivity contribution >= 4 is 11.6 Å². The zero-order chi connectivity index (χ0) is 16.3. The number of nitrogens with one attached hydrogen (secondary N) is 1. The summed E-state index contributed by atoms with van der Waals surface area (Å²) >= 11 is 0. The van der Waals surface area contributed by atoms with Gasteiger partial charge in [0, 0.05) is 12.7 Å². The van der Waals surface area contributed by atoms with Crippen molar-refractivity contribution in [2.75, 3.05) is 0 Å². The Labute approximate surface area is 127 Å². The standard InChI is InChI=1S/C13H18N6O3/c1-4-17-11(5-6-14-17)9(2)16-13(20)8-18-10(3)12(7-15-18)19(21)22/h5-7,9H,4,8H2,1-3H3,(H,16,20). The first kappa shape index (κ1) is 15.7. The number of hydrogen-bond donors (Lipinski definition) is 1. The molecule has 1 amide bonds. The number of nitrogens with zero attached hydrogens (tertiary/aromatic N) is 5. The number of rotatable bonds is 6. The third kappa shape index (κ3) is 3.13. The Kier molecular flexibility index (Phi) is 4.54. The van der Waals surface area contributed by atoms with Crippen LogP contribution in [0.1, 0.15) is 31.3 Å². The van der Waals surface area contributed by atoms with Gasteiger partial charge in [0.05, 0.1) is 16.7 Å². The number of hydrogen-bond acceptors (Lipinski definition) is 5. The molecule has 1 unspecified atom stereocenters. The fourth-order valence-electron chi connectivity index (χ4n) is 2.25. The van der Waals surface area contributed by atoms with E-state index in [1.807, 2.05) is 19.9 Å². The van der Waals surface area contributed by atoms with Crippen LogP contribution in [0, 0.1) is 17.0 Å². The number of nitro groups is 1. The summed E-state index contributed by atoms with van der Waals surface area (Å²) in [5, 5.41) is 21.6. The summed E-state index contributed by atoms with van der Waals surface area (Å²) in [5.74, 6) is -0.266. The Bertz CT molecular complexity index is 690. The molecule has 0 fully saturated rings. The molecule has 0 saturated carbocycles. The fraction of sp³-hybridized carbons (Fsp3) is 0.462. The highest BCUT2D eigenvalue weighted by Crippen LogP contribution is 2.16. The van der Waals surface area contributed by atoms with Gasteiger partial charge in [-0.15, -0.1) is 0 Å². The first-order valence-corrected chi connectivity index (χ1v) is 6.91. The Balaban J connectivity index is 2.03. The van der Waals surface area contributed by atoms with Gasteiger partial charge in [-0.2, -0.15) is 10.2 Å². The van der Waals surface area contributed by atoms with Crippen LogP contribution in [0.25, 0.3) is 0 Å². The van der Waals surface area contributed by atoms with Gasteiger partial charge < -0.3 is 5.32 Å². The Morgan fingerprint density at radius 2 is 2.18 bits per heavy atom. The minimum absolute atomic E-state index is 0.0652. The van der Waals surface area contributed by atoms with Crippen molar-refractivity contribution in [1.82, 2.24) is 24.9 Å². The number of carbonyl (C=O) groups is 1. The molecular weight excluding hydrogens is 288 g/mol. The lowest BCUT2D eigenvalue weighted by atomic mass is 10.2. The van der Waals surface area contributed by atoms with Gasteiger partial charge in [-0.05, 0) is 26.8 Å². The molecule has 2 heterocycles. The fourth-order valence-corrected chi connectivity index (χ4v) is 2.25. The van der Waals surface area contributed by atoms with E-state index in [0.29, 0.717) is 12.2 Å². The minimum Gasteiger partial charge on any atom is -0.346 e. The lowest BCUT2D eigenvalue weighted by Crippen LogP contribution is -2.31. The molecule has 0 aliphatic carbocycles. The van der Waals surface area contributed by atoms with E-state index in [2.05, 4.69) is 15.5 Å². The molecule has 2 aromatic rings. The molecule has 9 heteroatoms. The van der Waals surface area contributed by atoms with Gasteiger partial charge in [0.1, 0.15) is 18.4 Å². The second-order valence-corrected chi connectivity index (χ2v) is 4.89. The zero-order valence-corrected chi connectivity index (χ0v) is 12.7. The van der Waals surface area contributed by atoms with Crippen molar-refractivity contribution in [2.45, 2.75) is 39.9 Å².